The third kappa shape index (κ3) is 4.86. The Bertz CT molecular complexity index is 892. The van der Waals surface area contributed by atoms with Crippen LogP contribution in [0.3, 0.4) is 0 Å². The number of hydrogen-bond donors (Lipinski definition) is 1. The zero-order valence-corrected chi connectivity index (χ0v) is 17.9. The van der Waals surface area contributed by atoms with Gasteiger partial charge in [0.1, 0.15) is 12.1 Å². The monoisotopic (exact) mass is 425 g/mol. The van der Waals surface area contributed by atoms with Crippen LogP contribution in [0.1, 0.15) is 11.1 Å². The van der Waals surface area contributed by atoms with Crippen LogP contribution in [0.2, 0.25) is 0 Å². The maximum absolute atomic E-state index is 12.9. The van der Waals surface area contributed by atoms with Crippen LogP contribution >= 0.6 is 11.8 Å². The number of rotatable bonds is 7. The molecule has 2 heterocycles. The molecule has 30 heavy (non-hydrogen) atoms. The molecule has 2 aliphatic heterocycles. The molecule has 2 fully saturated rings. The molecule has 2 aliphatic rings. The van der Waals surface area contributed by atoms with Crippen LogP contribution < -0.4 is 5.32 Å². The van der Waals surface area contributed by atoms with Crippen molar-refractivity contribution in [2.75, 3.05) is 32.5 Å². The highest BCUT2D eigenvalue weighted by Crippen LogP contribution is 2.21. The SMILES string of the molecule is CSc1cccc(CN2CCN3C(=O)[C@H](COCc4ccccc4)NC(=O)[C@H]3C2)c1. The van der Waals surface area contributed by atoms with E-state index in [1.54, 1.807) is 16.7 Å². The number of amides is 2. The van der Waals surface area contributed by atoms with Crippen LogP contribution in [0.5, 0.6) is 0 Å². The summed E-state index contributed by atoms with van der Waals surface area (Å²) in [6.07, 6.45) is 2.07. The van der Waals surface area contributed by atoms with Gasteiger partial charge >= 0.3 is 0 Å². The van der Waals surface area contributed by atoms with Gasteiger partial charge in [-0.3, -0.25) is 14.5 Å². The van der Waals surface area contributed by atoms with Crippen molar-refractivity contribution in [2.45, 2.75) is 30.1 Å². The van der Waals surface area contributed by atoms with E-state index < -0.39 is 12.1 Å². The van der Waals surface area contributed by atoms with E-state index in [1.165, 1.54) is 10.5 Å². The number of hydrogen-bond acceptors (Lipinski definition) is 5. The number of ether oxygens (including phenoxy) is 1. The average Bonchev–Trinajstić information content (AvgIpc) is 2.78. The van der Waals surface area contributed by atoms with Gasteiger partial charge in [-0.15, -0.1) is 11.8 Å². The van der Waals surface area contributed by atoms with E-state index in [9.17, 15) is 9.59 Å². The number of thioether (sulfide) groups is 1. The van der Waals surface area contributed by atoms with Gasteiger partial charge in [0, 0.05) is 31.1 Å². The van der Waals surface area contributed by atoms with Crippen molar-refractivity contribution in [3.8, 4) is 0 Å². The summed E-state index contributed by atoms with van der Waals surface area (Å²) in [6, 6.07) is 17.2. The van der Waals surface area contributed by atoms with E-state index in [0.29, 0.717) is 19.7 Å². The lowest BCUT2D eigenvalue weighted by molar-refractivity contribution is -0.155. The first-order valence-corrected chi connectivity index (χ1v) is 11.4. The summed E-state index contributed by atoms with van der Waals surface area (Å²) in [5, 5.41) is 2.87. The zero-order chi connectivity index (χ0) is 20.9. The van der Waals surface area contributed by atoms with Crippen LogP contribution in [0.4, 0.5) is 0 Å². The summed E-state index contributed by atoms with van der Waals surface area (Å²) in [6.45, 7) is 3.27. The van der Waals surface area contributed by atoms with Crippen LogP contribution in [0.25, 0.3) is 0 Å². The maximum atomic E-state index is 12.9. The summed E-state index contributed by atoms with van der Waals surface area (Å²) in [7, 11) is 0. The summed E-state index contributed by atoms with van der Waals surface area (Å²) in [5.74, 6) is -0.137. The molecule has 0 spiro atoms. The van der Waals surface area contributed by atoms with Crippen molar-refractivity contribution < 1.29 is 14.3 Å². The fourth-order valence-corrected chi connectivity index (χ4v) is 4.50. The van der Waals surface area contributed by atoms with Crippen molar-refractivity contribution in [1.29, 1.82) is 0 Å². The predicted molar refractivity (Wildman–Crippen MR) is 117 cm³/mol. The number of benzene rings is 2. The average molecular weight is 426 g/mol. The number of carbonyl (C=O) groups is 2. The molecule has 2 aromatic rings. The number of fused-ring (bicyclic) bond motifs is 1. The highest BCUT2D eigenvalue weighted by atomic mass is 32.2. The van der Waals surface area contributed by atoms with Crippen molar-refractivity contribution in [3.63, 3.8) is 0 Å². The van der Waals surface area contributed by atoms with Gasteiger partial charge < -0.3 is 15.0 Å². The highest BCUT2D eigenvalue weighted by molar-refractivity contribution is 7.98. The normalized spacial score (nSPS) is 22.0. The van der Waals surface area contributed by atoms with Crippen molar-refractivity contribution >= 4 is 23.6 Å². The van der Waals surface area contributed by atoms with Crippen LogP contribution in [0.15, 0.2) is 59.5 Å². The van der Waals surface area contributed by atoms with Crippen molar-refractivity contribution in [2.24, 2.45) is 0 Å². The van der Waals surface area contributed by atoms with Gasteiger partial charge in [-0.25, -0.2) is 0 Å². The third-order valence-electron chi connectivity index (χ3n) is 5.60. The van der Waals surface area contributed by atoms with E-state index in [2.05, 4.69) is 40.7 Å². The molecule has 4 rings (SSSR count). The number of carbonyl (C=O) groups excluding carboxylic acids is 2. The van der Waals surface area contributed by atoms with Gasteiger partial charge in [-0.05, 0) is 29.5 Å². The van der Waals surface area contributed by atoms with Crippen LogP contribution in [-0.2, 0) is 27.5 Å². The summed E-state index contributed by atoms with van der Waals surface area (Å²) in [4.78, 5) is 30.8. The zero-order valence-electron chi connectivity index (χ0n) is 17.1. The fourth-order valence-electron chi connectivity index (χ4n) is 4.01. The van der Waals surface area contributed by atoms with E-state index in [-0.39, 0.29) is 18.4 Å². The third-order valence-corrected chi connectivity index (χ3v) is 6.33. The lowest BCUT2D eigenvalue weighted by Gasteiger charge is -2.45. The van der Waals surface area contributed by atoms with Crippen LogP contribution in [0, 0.1) is 0 Å². The number of piperazine rings is 2. The second-order valence-electron chi connectivity index (χ2n) is 7.70. The van der Waals surface area contributed by atoms with E-state index >= 15 is 0 Å². The molecule has 2 saturated heterocycles. The second-order valence-corrected chi connectivity index (χ2v) is 8.58. The van der Waals surface area contributed by atoms with E-state index in [1.807, 2.05) is 30.3 Å². The van der Waals surface area contributed by atoms with Gasteiger partial charge in [-0.1, -0.05) is 42.5 Å². The Balaban J connectivity index is 1.32. The minimum atomic E-state index is -0.609. The first-order chi connectivity index (χ1) is 14.6. The first kappa shape index (κ1) is 20.9. The second kappa shape index (κ2) is 9.64. The first-order valence-electron chi connectivity index (χ1n) is 10.2. The summed E-state index contributed by atoms with van der Waals surface area (Å²) >= 11 is 1.72. The molecule has 0 aliphatic carbocycles. The minimum absolute atomic E-state index is 0.0447. The van der Waals surface area contributed by atoms with E-state index in [0.717, 1.165) is 18.7 Å². The molecule has 2 atom stereocenters. The summed E-state index contributed by atoms with van der Waals surface area (Å²) < 4.78 is 5.70. The van der Waals surface area contributed by atoms with Gasteiger partial charge in [-0.2, -0.15) is 0 Å². The molecule has 0 bridgehead atoms. The van der Waals surface area contributed by atoms with Gasteiger partial charge in [0.15, 0.2) is 0 Å². The molecule has 158 valence electrons. The van der Waals surface area contributed by atoms with E-state index in [4.69, 9.17) is 4.74 Å². The largest absolute Gasteiger partial charge is 0.374 e. The van der Waals surface area contributed by atoms with Crippen LogP contribution in [-0.4, -0.2) is 66.2 Å². The van der Waals surface area contributed by atoms with Gasteiger partial charge in [0.25, 0.3) is 0 Å². The molecule has 7 heteroatoms. The molecular weight excluding hydrogens is 398 g/mol. The molecule has 2 amide bonds. The lowest BCUT2D eigenvalue weighted by Crippen LogP contribution is -2.69. The Hall–Kier alpha value is -2.35. The molecule has 6 nitrogen and oxygen atoms in total. The van der Waals surface area contributed by atoms with Gasteiger partial charge in [0.2, 0.25) is 11.8 Å². The maximum Gasteiger partial charge on any atom is 0.248 e. The van der Waals surface area contributed by atoms with Gasteiger partial charge in [0.05, 0.1) is 13.2 Å². The minimum Gasteiger partial charge on any atom is -0.374 e. The summed E-state index contributed by atoms with van der Waals surface area (Å²) in [5.41, 5.74) is 2.27. The smallest absolute Gasteiger partial charge is 0.248 e. The topological polar surface area (TPSA) is 61.9 Å². The molecular formula is C23H27N3O3S. The predicted octanol–water partition coefficient (Wildman–Crippen LogP) is 2.14. The molecule has 1 N–H and O–H groups in total. The number of nitrogens with one attached hydrogen (secondary N) is 1. The standard InChI is InChI=1S/C23H27N3O3S/c1-30-19-9-5-8-18(12-19)13-25-10-11-26-21(14-25)22(27)24-20(23(26)28)16-29-15-17-6-3-2-4-7-17/h2-9,12,20-21H,10-11,13-16H2,1H3,(H,24,27)/t20-,21+/m0/s1. The number of nitrogens with zero attached hydrogens (tertiary/aromatic N) is 2. The molecule has 0 saturated carbocycles. The fraction of sp³-hybridized carbons (Fsp3) is 0.391. The Morgan fingerprint density at radius 2 is 1.87 bits per heavy atom. The lowest BCUT2D eigenvalue weighted by atomic mass is 10.0. The molecule has 0 aromatic heterocycles. The molecule has 0 radical (unpaired) electrons. The Morgan fingerprint density at radius 1 is 1.07 bits per heavy atom. The quantitative estimate of drug-likeness (QED) is 0.689. The molecule has 2 aromatic carbocycles. The Labute approximate surface area is 181 Å². The Morgan fingerprint density at radius 3 is 2.67 bits per heavy atom. The highest BCUT2D eigenvalue weighted by Gasteiger charge is 2.43. The van der Waals surface area contributed by atoms with Crippen molar-refractivity contribution in [1.82, 2.24) is 15.1 Å². The molecule has 0 unspecified atom stereocenters. The van der Waals surface area contributed by atoms with Crippen molar-refractivity contribution in [3.05, 3.63) is 65.7 Å². The Kier molecular flexibility index (Phi) is 6.72.